The number of rotatable bonds is 6. The molecule has 0 aliphatic rings. The molecule has 0 aliphatic heterocycles. The molecular formula is C13H11F4NO4. The molecule has 0 saturated heterocycles. The summed E-state index contributed by atoms with van der Waals surface area (Å²) in [5.41, 5.74) is -1.18. The summed E-state index contributed by atoms with van der Waals surface area (Å²) in [6.45, 7) is -1.47. The Morgan fingerprint density at radius 1 is 1.14 bits per heavy atom. The van der Waals surface area contributed by atoms with Crippen molar-refractivity contribution in [3.63, 3.8) is 0 Å². The first-order chi connectivity index (χ1) is 10.1. The Morgan fingerprint density at radius 3 is 2.09 bits per heavy atom. The van der Waals surface area contributed by atoms with Crippen LogP contribution in [0.2, 0.25) is 0 Å². The van der Waals surface area contributed by atoms with E-state index in [0.29, 0.717) is 12.1 Å². The van der Waals surface area contributed by atoms with Crippen LogP contribution in [0.5, 0.6) is 0 Å². The molecule has 0 radical (unpaired) electrons. The van der Waals surface area contributed by atoms with Crippen LogP contribution in [0.1, 0.15) is 22.3 Å². The molecule has 2 N–H and O–H groups in total. The normalized spacial score (nSPS) is 12.5. The molecule has 1 aromatic rings. The van der Waals surface area contributed by atoms with Crippen LogP contribution in [0, 0.1) is 0 Å². The molecule has 1 unspecified atom stereocenters. The third-order valence-corrected chi connectivity index (χ3v) is 2.68. The van der Waals surface area contributed by atoms with Crippen LogP contribution < -0.4 is 5.32 Å². The van der Waals surface area contributed by atoms with Gasteiger partial charge < -0.3 is 10.4 Å². The number of alkyl halides is 4. The fourth-order valence-electron chi connectivity index (χ4n) is 1.57. The Labute approximate surface area is 121 Å². The molecule has 0 heterocycles. The zero-order chi connectivity index (χ0) is 16.9. The van der Waals surface area contributed by atoms with Crippen LogP contribution in [-0.4, -0.2) is 35.5 Å². The summed E-state index contributed by atoms with van der Waals surface area (Å²) in [5.74, 6) is -3.54. The highest BCUT2D eigenvalue weighted by Gasteiger charge is 2.30. The summed E-state index contributed by atoms with van der Waals surface area (Å²) >= 11 is 0. The maximum absolute atomic E-state index is 12.4. The molecule has 1 rings (SSSR count). The van der Waals surface area contributed by atoms with Crippen molar-refractivity contribution in [2.75, 3.05) is 6.67 Å². The van der Waals surface area contributed by atoms with E-state index in [1.807, 2.05) is 5.32 Å². The minimum Gasteiger partial charge on any atom is -0.481 e. The number of ketones is 1. The van der Waals surface area contributed by atoms with Crippen LogP contribution in [0.4, 0.5) is 17.6 Å². The maximum Gasteiger partial charge on any atom is 0.416 e. The van der Waals surface area contributed by atoms with Gasteiger partial charge in [0.2, 0.25) is 0 Å². The van der Waals surface area contributed by atoms with E-state index >= 15 is 0 Å². The number of benzene rings is 1. The predicted molar refractivity (Wildman–Crippen MR) is 65.9 cm³/mol. The van der Waals surface area contributed by atoms with Crippen molar-refractivity contribution in [2.24, 2.45) is 0 Å². The lowest BCUT2D eigenvalue weighted by Gasteiger charge is -2.14. The molecule has 22 heavy (non-hydrogen) atoms. The van der Waals surface area contributed by atoms with Crippen LogP contribution in [0.15, 0.2) is 24.3 Å². The van der Waals surface area contributed by atoms with E-state index in [1.54, 1.807) is 0 Å². The fraction of sp³-hybridized carbons (Fsp3) is 0.308. The minimum absolute atomic E-state index is 0.213. The maximum atomic E-state index is 12.4. The number of carbonyl (C=O) groups excluding carboxylic acids is 2. The average molecular weight is 321 g/mol. The van der Waals surface area contributed by atoms with Crippen LogP contribution in [0.25, 0.3) is 0 Å². The van der Waals surface area contributed by atoms with E-state index in [2.05, 4.69) is 0 Å². The van der Waals surface area contributed by atoms with Crippen molar-refractivity contribution >= 4 is 17.7 Å². The van der Waals surface area contributed by atoms with Gasteiger partial charge in [-0.25, -0.2) is 4.39 Å². The van der Waals surface area contributed by atoms with Crippen molar-refractivity contribution in [3.8, 4) is 0 Å². The fourth-order valence-corrected chi connectivity index (χ4v) is 1.57. The van der Waals surface area contributed by atoms with Crippen molar-refractivity contribution < 1.29 is 37.1 Å². The molecule has 5 nitrogen and oxygen atoms in total. The largest absolute Gasteiger partial charge is 0.481 e. The molecule has 0 spiro atoms. The summed E-state index contributed by atoms with van der Waals surface area (Å²) in [4.78, 5) is 33.5. The molecule has 120 valence electrons. The predicted octanol–water partition coefficient (Wildman–Crippen LogP) is 1.82. The Morgan fingerprint density at radius 2 is 1.68 bits per heavy atom. The van der Waals surface area contributed by atoms with Gasteiger partial charge in [-0.2, -0.15) is 13.2 Å². The second-order valence-electron chi connectivity index (χ2n) is 4.30. The number of amides is 1. The van der Waals surface area contributed by atoms with E-state index < -0.39 is 48.5 Å². The van der Waals surface area contributed by atoms with Gasteiger partial charge in [0.25, 0.3) is 5.91 Å². The van der Waals surface area contributed by atoms with Gasteiger partial charge in [0.1, 0.15) is 12.7 Å². The molecule has 0 aromatic heterocycles. The summed E-state index contributed by atoms with van der Waals surface area (Å²) in [6.07, 6.45) is -5.39. The summed E-state index contributed by atoms with van der Waals surface area (Å²) < 4.78 is 49.4. The van der Waals surface area contributed by atoms with Crippen molar-refractivity contribution in [1.29, 1.82) is 0 Å². The van der Waals surface area contributed by atoms with Gasteiger partial charge in [-0.3, -0.25) is 14.4 Å². The van der Waals surface area contributed by atoms with E-state index in [-0.39, 0.29) is 5.56 Å². The monoisotopic (exact) mass is 321 g/mol. The first-order valence-electron chi connectivity index (χ1n) is 5.93. The second-order valence-corrected chi connectivity index (χ2v) is 4.30. The standard InChI is InChI=1S/C13H11F4NO4/c14-6-10(19)9(5-11(20)21)18-12(22)7-1-3-8(4-2-7)13(15,16)17/h1-4,9H,5-6H2,(H,18,22)(H,20,21). The Bertz CT molecular complexity index is 568. The van der Waals surface area contributed by atoms with Gasteiger partial charge in [0.05, 0.1) is 12.0 Å². The van der Waals surface area contributed by atoms with Gasteiger partial charge in [-0.15, -0.1) is 0 Å². The van der Waals surface area contributed by atoms with Gasteiger partial charge in [0, 0.05) is 5.56 Å². The number of halogens is 4. The first kappa shape index (κ1) is 17.6. The first-order valence-corrected chi connectivity index (χ1v) is 5.93. The Hall–Kier alpha value is -2.45. The SMILES string of the molecule is O=C(O)CC(NC(=O)c1ccc(C(F)(F)F)cc1)C(=O)CF. The molecule has 1 amide bonds. The van der Waals surface area contributed by atoms with Crippen LogP contribution in [-0.2, 0) is 15.8 Å². The summed E-state index contributed by atoms with van der Waals surface area (Å²) in [5, 5.41) is 10.6. The van der Waals surface area contributed by atoms with Crippen LogP contribution >= 0.6 is 0 Å². The Balaban J connectivity index is 2.86. The highest BCUT2D eigenvalue weighted by atomic mass is 19.4. The molecule has 1 aromatic carbocycles. The van der Waals surface area contributed by atoms with Gasteiger partial charge >= 0.3 is 12.1 Å². The minimum atomic E-state index is -4.56. The highest BCUT2D eigenvalue weighted by Crippen LogP contribution is 2.29. The number of hydrogen-bond acceptors (Lipinski definition) is 3. The zero-order valence-electron chi connectivity index (χ0n) is 11.0. The van der Waals surface area contributed by atoms with E-state index in [0.717, 1.165) is 12.1 Å². The molecule has 9 heteroatoms. The molecule has 0 fully saturated rings. The van der Waals surface area contributed by atoms with Crippen molar-refractivity contribution in [2.45, 2.75) is 18.6 Å². The topological polar surface area (TPSA) is 83.5 Å². The van der Waals surface area contributed by atoms with Gasteiger partial charge in [-0.05, 0) is 24.3 Å². The van der Waals surface area contributed by atoms with E-state index in [9.17, 15) is 31.9 Å². The highest BCUT2D eigenvalue weighted by molar-refractivity contribution is 5.99. The number of carboxylic acid groups (broad SMARTS) is 1. The zero-order valence-corrected chi connectivity index (χ0v) is 11.0. The number of carbonyl (C=O) groups is 3. The number of nitrogens with one attached hydrogen (secondary N) is 1. The quantitative estimate of drug-likeness (QED) is 0.783. The number of carboxylic acids is 1. The number of hydrogen-bond donors (Lipinski definition) is 2. The molecule has 0 saturated carbocycles. The van der Waals surface area contributed by atoms with Crippen LogP contribution in [0.3, 0.4) is 0 Å². The number of aliphatic carboxylic acids is 1. The lowest BCUT2D eigenvalue weighted by molar-refractivity contribution is -0.139. The summed E-state index contributed by atoms with van der Waals surface area (Å²) in [7, 11) is 0. The third-order valence-electron chi connectivity index (χ3n) is 2.68. The molecular weight excluding hydrogens is 310 g/mol. The second kappa shape index (κ2) is 7.01. The van der Waals surface area contributed by atoms with E-state index in [1.165, 1.54) is 0 Å². The van der Waals surface area contributed by atoms with E-state index in [4.69, 9.17) is 5.11 Å². The van der Waals surface area contributed by atoms with Gasteiger partial charge in [-0.1, -0.05) is 0 Å². The van der Waals surface area contributed by atoms with Crippen molar-refractivity contribution in [1.82, 2.24) is 5.32 Å². The number of Topliss-reactive ketones (excluding diaryl/α,β-unsaturated/α-hetero) is 1. The van der Waals surface area contributed by atoms with Gasteiger partial charge in [0.15, 0.2) is 5.78 Å². The molecule has 0 bridgehead atoms. The smallest absolute Gasteiger partial charge is 0.416 e. The average Bonchev–Trinajstić information content (AvgIpc) is 2.44. The Kier molecular flexibility index (Phi) is 5.61. The molecule has 1 atom stereocenters. The lowest BCUT2D eigenvalue weighted by Crippen LogP contribution is -2.43. The lowest BCUT2D eigenvalue weighted by atomic mass is 10.1. The van der Waals surface area contributed by atoms with Crippen molar-refractivity contribution in [3.05, 3.63) is 35.4 Å². The molecule has 0 aliphatic carbocycles. The third kappa shape index (κ3) is 4.83. The summed E-state index contributed by atoms with van der Waals surface area (Å²) in [6, 6.07) is 1.49.